The van der Waals surface area contributed by atoms with Gasteiger partial charge in [0.25, 0.3) is 5.91 Å². The first-order valence-corrected chi connectivity index (χ1v) is 11.3. The molecule has 4 heterocycles. The van der Waals surface area contributed by atoms with Gasteiger partial charge in [0.1, 0.15) is 17.2 Å². The van der Waals surface area contributed by atoms with Crippen LogP contribution in [0.3, 0.4) is 0 Å². The van der Waals surface area contributed by atoms with Crippen molar-refractivity contribution in [3.05, 3.63) is 40.4 Å². The van der Waals surface area contributed by atoms with Crippen molar-refractivity contribution in [2.75, 3.05) is 27.3 Å². The minimum absolute atomic E-state index is 0.00257. The normalized spacial score (nSPS) is 14.7. The summed E-state index contributed by atoms with van der Waals surface area (Å²) in [5.41, 5.74) is 0.814. The molecule has 3 aromatic rings. The number of methoxy groups -OCH3 is 2. The lowest BCUT2D eigenvalue weighted by atomic mass is 9.95. The number of rotatable bonds is 7. The SMILES string of the molecule is COCc1nc(OC)c2c(C)c(C(=O)N3CCC(C(=O)NCc4ccco4)CC3)sc2n1. The third kappa shape index (κ3) is 4.46. The molecule has 1 N–H and O–H groups in total. The van der Waals surface area contributed by atoms with Gasteiger partial charge in [-0.2, -0.15) is 4.98 Å². The van der Waals surface area contributed by atoms with Crippen LogP contribution in [0.1, 0.15) is 39.7 Å². The van der Waals surface area contributed by atoms with E-state index >= 15 is 0 Å². The van der Waals surface area contributed by atoms with Crippen molar-refractivity contribution in [3.8, 4) is 5.88 Å². The van der Waals surface area contributed by atoms with Crippen LogP contribution in [0.2, 0.25) is 0 Å². The number of carbonyl (C=O) groups excluding carboxylic acids is 2. The standard InChI is InChI=1S/C22H26N4O5S/c1-13-17-20(30-3)24-16(12-29-2)25-21(17)32-18(13)22(28)26-8-6-14(7-9-26)19(27)23-11-15-5-4-10-31-15/h4-5,10,14H,6-9,11-12H2,1-3H3,(H,23,27). The number of hydrogen-bond donors (Lipinski definition) is 1. The molecule has 0 aliphatic carbocycles. The van der Waals surface area contributed by atoms with Crippen LogP contribution in [0.5, 0.6) is 5.88 Å². The van der Waals surface area contributed by atoms with Crippen molar-refractivity contribution in [1.82, 2.24) is 20.2 Å². The van der Waals surface area contributed by atoms with Gasteiger partial charge in [0.2, 0.25) is 11.8 Å². The molecule has 32 heavy (non-hydrogen) atoms. The quantitative estimate of drug-likeness (QED) is 0.580. The second kappa shape index (κ2) is 9.66. The number of likely N-dealkylation sites (tertiary alicyclic amines) is 1. The monoisotopic (exact) mass is 458 g/mol. The molecule has 0 bridgehead atoms. The molecule has 0 saturated carbocycles. The zero-order chi connectivity index (χ0) is 22.7. The van der Waals surface area contributed by atoms with Crippen molar-refractivity contribution < 1.29 is 23.5 Å². The Labute approximate surface area is 189 Å². The van der Waals surface area contributed by atoms with Crippen LogP contribution < -0.4 is 10.1 Å². The summed E-state index contributed by atoms with van der Waals surface area (Å²) in [6.07, 6.45) is 2.84. The second-order valence-corrected chi connectivity index (χ2v) is 8.68. The fourth-order valence-corrected chi connectivity index (χ4v) is 5.07. The van der Waals surface area contributed by atoms with Crippen LogP contribution in [0.4, 0.5) is 0 Å². The maximum absolute atomic E-state index is 13.3. The predicted molar refractivity (Wildman–Crippen MR) is 119 cm³/mol. The lowest BCUT2D eigenvalue weighted by Crippen LogP contribution is -2.42. The smallest absolute Gasteiger partial charge is 0.264 e. The number of aryl methyl sites for hydroxylation is 1. The average molecular weight is 459 g/mol. The fraction of sp³-hybridized carbons (Fsp3) is 0.455. The van der Waals surface area contributed by atoms with E-state index in [2.05, 4.69) is 15.3 Å². The predicted octanol–water partition coefficient (Wildman–Crippen LogP) is 2.92. The van der Waals surface area contributed by atoms with Crippen molar-refractivity contribution in [2.45, 2.75) is 32.9 Å². The van der Waals surface area contributed by atoms with Crippen LogP contribution in [0.25, 0.3) is 10.2 Å². The molecule has 0 unspecified atom stereocenters. The highest BCUT2D eigenvalue weighted by molar-refractivity contribution is 7.20. The summed E-state index contributed by atoms with van der Waals surface area (Å²) in [6, 6.07) is 3.62. The van der Waals surface area contributed by atoms with Gasteiger partial charge in [0, 0.05) is 26.1 Å². The molecule has 0 radical (unpaired) electrons. The van der Waals surface area contributed by atoms with Crippen LogP contribution in [0, 0.1) is 12.8 Å². The number of amides is 2. The number of hydrogen-bond acceptors (Lipinski definition) is 8. The molecular weight excluding hydrogens is 432 g/mol. The van der Waals surface area contributed by atoms with Crippen molar-refractivity contribution in [3.63, 3.8) is 0 Å². The molecule has 170 valence electrons. The molecule has 1 saturated heterocycles. The van der Waals surface area contributed by atoms with Crippen LogP contribution in [-0.2, 0) is 22.7 Å². The Bertz CT molecular complexity index is 1100. The summed E-state index contributed by atoms with van der Waals surface area (Å²) < 4.78 is 15.8. The summed E-state index contributed by atoms with van der Waals surface area (Å²) in [5.74, 6) is 1.52. The number of piperidine rings is 1. The van der Waals surface area contributed by atoms with E-state index < -0.39 is 0 Å². The Morgan fingerprint density at radius 1 is 1.28 bits per heavy atom. The van der Waals surface area contributed by atoms with Gasteiger partial charge in [0.15, 0.2) is 5.82 Å². The number of fused-ring (bicyclic) bond motifs is 1. The lowest BCUT2D eigenvalue weighted by molar-refractivity contribution is -0.126. The molecule has 4 rings (SSSR count). The molecule has 9 nitrogen and oxygen atoms in total. The number of nitrogens with one attached hydrogen (secondary N) is 1. The number of thiophene rings is 1. The molecule has 1 fully saturated rings. The Kier molecular flexibility index (Phi) is 6.71. The van der Waals surface area contributed by atoms with Gasteiger partial charge in [-0.05, 0) is 37.5 Å². The first-order chi connectivity index (χ1) is 15.5. The number of carbonyl (C=O) groups is 2. The number of furan rings is 1. The third-order valence-corrected chi connectivity index (χ3v) is 6.81. The van der Waals surface area contributed by atoms with Crippen molar-refractivity contribution in [2.24, 2.45) is 5.92 Å². The van der Waals surface area contributed by atoms with Gasteiger partial charge in [-0.15, -0.1) is 11.3 Å². The molecule has 0 atom stereocenters. The minimum Gasteiger partial charge on any atom is -0.480 e. The maximum Gasteiger partial charge on any atom is 0.264 e. The Morgan fingerprint density at radius 3 is 2.72 bits per heavy atom. The topological polar surface area (TPSA) is 107 Å². The van der Waals surface area contributed by atoms with Gasteiger partial charge < -0.3 is 24.1 Å². The molecule has 10 heteroatoms. The van der Waals surface area contributed by atoms with E-state index in [9.17, 15) is 9.59 Å². The Hall–Kier alpha value is -2.98. The summed E-state index contributed by atoms with van der Waals surface area (Å²) in [7, 11) is 3.13. The number of nitrogens with zero attached hydrogens (tertiary/aromatic N) is 3. The first-order valence-electron chi connectivity index (χ1n) is 10.4. The van der Waals surface area contributed by atoms with Crippen LogP contribution in [-0.4, -0.2) is 54.0 Å². The fourth-order valence-electron chi connectivity index (χ4n) is 3.91. The molecular formula is C22H26N4O5S. The Morgan fingerprint density at radius 2 is 2.06 bits per heavy atom. The molecule has 1 aliphatic heterocycles. The first kappa shape index (κ1) is 22.2. The van der Waals surface area contributed by atoms with Gasteiger partial charge in [0.05, 0.1) is 30.2 Å². The van der Waals surface area contributed by atoms with Crippen molar-refractivity contribution >= 4 is 33.4 Å². The molecule has 2 amide bonds. The van der Waals surface area contributed by atoms with E-state index in [0.29, 0.717) is 53.9 Å². The van der Waals surface area contributed by atoms with Gasteiger partial charge >= 0.3 is 0 Å². The average Bonchev–Trinajstić information content (AvgIpc) is 3.45. The zero-order valence-electron chi connectivity index (χ0n) is 18.3. The summed E-state index contributed by atoms with van der Waals surface area (Å²) >= 11 is 1.34. The van der Waals surface area contributed by atoms with E-state index in [1.54, 1.807) is 26.5 Å². The maximum atomic E-state index is 13.3. The van der Waals surface area contributed by atoms with E-state index in [0.717, 1.165) is 16.7 Å². The van der Waals surface area contributed by atoms with Gasteiger partial charge in [-0.1, -0.05) is 0 Å². The van der Waals surface area contributed by atoms with Crippen LogP contribution in [0.15, 0.2) is 22.8 Å². The summed E-state index contributed by atoms with van der Waals surface area (Å²) in [4.78, 5) is 37.8. The van der Waals surface area contributed by atoms with E-state index in [1.807, 2.05) is 17.9 Å². The zero-order valence-corrected chi connectivity index (χ0v) is 19.2. The molecule has 1 aliphatic rings. The molecule has 0 aromatic carbocycles. The molecule has 0 spiro atoms. The number of aromatic nitrogens is 2. The largest absolute Gasteiger partial charge is 0.480 e. The van der Waals surface area contributed by atoms with Gasteiger partial charge in [-0.3, -0.25) is 9.59 Å². The van der Waals surface area contributed by atoms with E-state index in [-0.39, 0.29) is 24.3 Å². The van der Waals surface area contributed by atoms with Crippen molar-refractivity contribution in [1.29, 1.82) is 0 Å². The van der Waals surface area contributed by atoms with Gasteiger partial charge in [-0.25, -0.2) is 4.98 Å². The highest BCUT2D eigenvalue weighted by Gasteiger charge is 2.30. The summed E-state index contributed by atoms with van der Waals surface area (Å²) in [6.45, 7) is 3.59. The third-order valence-electron chi connectivity index (χ3n) is 5.63. The highest BCUT2D eigenvalue weighted by atomic mass is 32.1. The van der Waals surface area contributed by atoms with E-state index in [4.69, 9.17) is 13.9 Å². The minimum atomic E-state index is -0.111. The van der Waals surface area contributed by atoms with E-state index in [1.165, 1.54) is 11.3 Å². The molecule has 3 aromatic heterocycles. The lowest BCUT2D eigenvalue weighted by Gasteiger charge is -2.31. The highest BCUT2D eigenvalue weighted by Crippen LogP contribution is 2.36. The summed E-state index contributed by atoms with van der Waals surface area (Å²) in [5, 5.41) is 3.67. The Balaban J connectivity index is 1.43. The van der Waals surface area contributed by atoms with Crippen LogP contribution >= 0.6 is 11.3 Å². The number of ether oxygens (including phenoxy) is 2. The second-order valence-electron chi connectivity index (χ2n) is 7.68.